The van der Waals surface area contributed by atoms with Crippen LogP contribution in [0.15, 0.2) is 54.6 Å². The maximum Gasteiger partial charge on any atom is 0.305 e. The van der Waals surface area contributed by atoms with Crippen LogP contribution in [-0.2, 0) is 9.59 Å². The lowest BCUT2D eigenvalue weighted by molar-refractivity contribution is -0.138. The molecule has 0 aromatic heterocycles. The number of nitrogens with one attached hydrogen (secondary N) is 1. The summed E-state index contributed by atoms with van der Waals surface area (Å²) in [6, 6.07) is 13.2. The Morgan fingerprint density at radius 3 is 2.60 bits per heavy atom. The van der Waals surface area contributed by atoms with Crippen molar-refractivity contribution < 1.29 is 14.7 Å². The van der Waals surface area contributed by atoms with E-state index in [-0.39, 0.29) is 18.2 Å². The summed E-state index contributed by atoms with van der Waals surface area (Å²) >= 11 is 0. The Hall–Kier alpha value is -2.62. The number of carboxylic acids is 1. The highest BCUT2D eigenvalue weighted by Gasteiger charge is 2.40. The Morgan fingerprint density at radius 1 is 1.08 bits per heavy atom. The largest absolute Gasteiger partial charge is 0.481 e. The van der Waals surface area contributed by atoms with Gasteiger partial charge in [-0.15, -0.1) is 0 Å². The first-order chi connectivity index (χ1) is 12.1. The molecule has 2 aromatic rings. The molecule has 0 heterocycles. The maximum atomic E-state index is 12.8. The Bertz CT molecular complexity index is 852. The summed E-state index contributed by atoms with van der Waals surface area (Å²) in [4.78, 5) is 24.2. The van der Waals surface area contributed by atoms with Gasteiger partial charge in [0.05, 0.1) is 12.5 Å². The van der Waals surface area contributed by atoms with Crippen molar-refractivity contribution in [2.24, 2.45) is 17.8 Å². The Balaban J connectivity index is 1.63. The number of amides is 1. The number of fused-ring (bicyclic) bond motifs is 3. The SMILES string of the molecule is O=C(O)C[C@@H](NC(=O)C1CC2C=CC1C2)c1cccc2ccccc12. The molecule has 1 saturated carbocycles. The molecule has 0 spiro atoms. The summed E-state index contributed by atoms with van der Waals surface area (Å²) < 4.78 is 0. The van der Waals surface area contributed by atoms with Gasteiger partial charge in [-0.25, -0.2) is 0 Å². The number of carbonyl (C=O) groups excluding carboxylic acids is 1. The lowest BCUT2D eigenvalue weighted by atomic mass is 9.91. The maximum absolute atomic E-state index is 12.8. The summed E-state index contributed by atoms with van der Waals surface area (Å²) in [6.07, 6.45) is 6.16. The lowest BCUT2D eigenvalue weighted by Crippen LogP contribution is -2.36. The molecule has 0 radical (unpaired) electrons. The molecule has 2 aliphatic carbocycles. The van der Waals surface area contributed by atoms with Crippen molar-refractivity contribution in [3.63, 3.8) is 0 Å². The fraction of sp³-hybridized carbons (Fsp3) is 0.333. The van der Waals surface area contributed by atoms with Gasteiger partial charge in [0.25, 0.3) is 0 Å². The topological polar surface area (TPSA) is 66.4 Å². The molecule has 25 heavy (non-hydrogen) atoms. The van der Waals surface area contributed by atoms with Crippen molar-refractivity contribution in [1.82, 2.24) is 5.32 Å². The van der Waals surface area contributed by atoms with Gasteiger partial charge in [0, 0.05) is 5.92 Å². The molecule has 2 aromatic carbocycles. The molecule has 4 atom stereocenters. The third kappa shape index (κ3) is 3.04. The van der Waals surface area contributed by atoms with E-state index in [1.165, 1.54) is 0 Å². The van der Waals surface area contributed by atoms with E-state index in [0.717, 1.165) is 29.2 Å². The van der Waals surface area contributed by atoms with Gasteiger partial charge >= 0.3 is 5.97 Å². The standard InChI is InChI=1S/C21H21NO3/c23-20(24)12-19(17-7-3-5-14-4-1-2-6-16(14)17)22-21(25)18-11-13-8-9-15(18)10-13/h1-9,13,15,18-19H,10-12H2,(H,22,25)(H,23,24)/t13?,15?,18?,19-/m1/s1. The molecule has 128 valence electrons. The number of carbonyl (C=O) groups is 2. The van der Waals surface area contributed by atoms with Gasteiger partial charge in [0.2, 0.25) is 5.91 Å². The van der Waals surface area contributed by atoms with Gasteiger partial charge in [-0.1, -0.05) is 54.6 Å². The summed E-state index contributed by atoms with van der Waals surface area (Å²) in [5.41, 5.74) is 0.868. The summed E-state index contributed by atoms with van der Waals surface area (Å²) in [6.45, 7) is 0. The van der Waals surface area contributed by atoms with E-state index in [4.69, 9.17) is 0 Å². The first-order valence-electron chi connectivity index (χ1n) is 8.80. The van der Waals surface area contributed by atoms with Crippen LogP contribution in [0, 0.1) is 17.8 Å². The van der Waals surface area contributed by atoms with E-state index in [2.05, 4.69) is 17.5 Å². The van der Waals surface area contributed by atoms with Crippen LogP contribution in [0.3, 0.4) is 0 Å². The number of benzene rings is 2. The van der Waals surface area contributed by atoms with E-state index < -0.39 is 12.0 Å². The van der Waals surface area contributed by atoms with Gasteiger partial charge in [-0.2, -0.15) is 0 Å². The number of rotatable bonds is 5. The highest BCUT2D eigenvalue weighted by Crippen LogP contribution is 2.43. The number of hydrogen-bond donors (Lipinski definition) is 2. The van der Waals surface area contributed by atoms with Gasteiger partial charge < -0.3 is 10.4 Å². The van der Waals surface area contributed by atoms with Gasteiger partial charge in [0.1, 0.15) is 0 Å². The second kappa shape index (κ2) is 6.36. The predicted molar refractivity (Wildman–Crippen MR) is 95.9 cm³/mol. The smallest absolute Gasteiger partial charge is 0.305 e. The molecule has 3 unspecified atom stereocenters. The quantitative estimate of drug-likeness (QED) is 0.819. The fourth-order valence-corrected chi connectivity index (χ4v) is 4.33. The average molecular weight is 335 g/mol. The van der Waals surface area contributed by atoms with E-state index in [0.29, 0.717) is 11.8 Å². The van der Waals surface area contributed by atoms with Crippen LogP contribution >= 0.6 is 0 Å². The zero-order chi connectivity index (χ0) is 17.4. The molecule has 1 amide bonds. The molecule has 4 heteroatoms. The number of hydrogen-bond acceptors (Lipinski definition) is 2. The van der Waals surface area contributed by atoms with Crippen LogP contribution in [0.2, 0.25) is 0 Å². The normalized spacial score (nSPS) is 25.2. The van der Waals surface area contributed by atoms with Crippen LogP contribution in [0.4, 0.5) is 0 Å². The van der Waals surface area contributed by atoms with Crippen LogP contribution in [0.25, 0.3) is 10.8 Å². The van der Waals surface area contributed by atoms with Gasteiger partial charge in [-0.3, -0.25) is 9.59 Å². The van der Waals surface area contributed by atoms with E-state index >= 15 is 0 Å². The second-order valence-corrected chi connectivity index (χ2v) is 7.11. The number of allylic oxidation sites excluding steroid dienone is 2. The van der Waals surface area contributed by atoms with Crippen LogP contribution in [-0.4, -0.2) is 17.0 Å². The molecule has 2 N–H and O–H groups in total. The second-order valence-electron chi connectivity index (χ2n) is 7.11. The van der Waals surface area contributed by atoms with Crippen LogP contribution in [0.1, 0.15) is 30.9 Å². The highest BCUT2D eigenvalue weighted by molar-refractivity contribution is 5.88. The molecule has 0 aliphatic heterocycles. The average Bonchev–Trinajstić information content (AvgIpc) is 3.23. The van der Waals surface area contributed by atoms with Crippen molar-refractivity contribution in [1.29, 1.82) is 0 Å². The first kappa shape index (κ1) is 15.9. The van der Waals surface area contributed by atoms with Crippen LogP contribution in [0.5, 0.6) is 0 Å². The Kier molecular flexibility index (Phi) is 4.04. The Labute approximate surface area is 146 Å². The molecular weight excluding hydrogens is 314 g/mol. The van der Waals surface area contributed by atoms with Crippen LogP contribution < -0.4 is 5.32 Å². The van der Waals surface area contributed by atoms with E-state index in [1.807, 2.05) is 42.5 Å². The van der Waals surface area contributed by atoms with E-state index in [1.54, 1.807) is 0 Å². The summed E-state index contributed by atoms with van der Waals surface area (Å²) in [7, 11) is 0. The zero-order valence-electron chi connectivity index (χ0n) is 13.9. The first-order valence-corrected chi connectivity index (χ1v) is 8.80. The highest BCUT2D eigenvalue weighted by atomic mass is 16.4. The minimum Gasteiger partial charge on any atom is -0.481 e. The molecular formula is C21H21NO3. The minimum atomic E-state index is -0.911. The van der Waals surface area contributed by atoms with Gasteiger partial charge in [-0.05, 0) is 41.0 Å². The number of carboxylic acid groups (broad SMARTS) is 1. The van der Waals surface area contributed by atoms with Crippen molar-refractivity contribution in [3.05, 3.63) is 60.2 Å². The fourth-order valence-electron chi connectivity index (χ4n) is 4.33. The van der Waals surface area contributed by atoms with E-state index in [9.17, 15) is 14.7 Å². The molecule has 0 saturated heterocycles. The van der Waals surface area contributed by atoms with Crippen molar-refractivity contribution in [2.45, 2.75) is 25.3 Å². The predicted octanol–water partition coefficient (Wildman–Crippen LogP) is 3.68. The van der Waals surface area contributed by atoms with Gasteiger partial charge in [0.15, 0.2) is 0 Å². The summed E-state index contributed by atoms with van der Waals surface area (Å²) in [5, 5.41) is 14.4. The van der Waals surface area contributed by atoms with Crippen molar-refractivity contribution in [3.8, 4) is 0 Å². The lowest BCUT2D eigenvalue weighted by Gasteiger charge is -2.24. The molecule has 2 bridgehead atoms. The third-order valence-corrected chi connectivity index (χ3v) is 5.51. The summed E-state index contributed by atoms with van der Waals surface area (Å²) in [5.74, 6) is -0.136. The van der Waals surface area contributed by atoms with Crippen molar-refractivity contribution >= 4 is 22.6 Å². The monoisotopic (exact) mass is 335 g/mol. The number of aliphatic carboxylic acids is 1. The Morgan fingerprint density at radius 2 is 1.88 bits per heavy atom. The van der Waals surface area contributed by atoms with Crippen molar-refractivity contribution in [2.75, 3.05) is 0 Å². The minimum absolute atomic E-state index is 0.0176. The molecule has 1 fully saturated rings. The molecule has 4 rings (SSSR count). The molecule has 2 aliphatic rings. The zero-order valence-corrected chi connectivity index (χ0v) is 13.9. The molecule has 4 nitrogen and oxygen atoms in total. The third-order valence-electron chi connectivity index (χ3n) is 5.51.